The molecule has 114 valence electrons. The van der Waals surface area contributed by atoms with Crippen molar-refractivity contribution >= 4 is 17.8 Å². The minimum absolute atomic E-state index is 0.0882. The van der Waals surface area contributed by atoms with E-state index in [1.54, 1.807) is 38.4 Å². The number of anilines is 1. The third-order valence-electron chi connectivity index (χ3n) is 3.26. The predicted molar refractivity (Wildman–Crippen MR) is 84.8 cm³/mol. The van der Waals surface area contributed by atoms with Gasteiger partial charge in [0.05, 0.1) is 12.2 Å². The molecule has 0 aliphatic rings. The van der Waals surface area contributed by atoms with Gasteiger partial charge in [0.1, 0.15) is 11.5 Å². The Kier molecular flexibility index (Phi) is 4.83. The van der Waals surface area contributed by atoms with Crippen LogP contribution in [0.25, 0.3) is 11.1 Å². The minimum Gasteiger partial charge on any atom is -0.374 e. The molecule has 0 aliphatic carbocycles. The molecule has 0 unspecified atom stereocenters. The summed E-state index contributed by atoms with van der Waals surface area (Å²) >= 11 is 0. The fraction of sp³-hybridized carbons (Fsp3) is 0.188. The Balaban J connectivity index is 2.35. The molecule has 1 amide bonds. The third-order valence-corrected chi connectivity index (χ3v) is 3.26. The molecule has 1 aromatic carbocycles. The van der Waals surface area contributed by atoms with Crippen molar-refractivity contribution in [3.8, 4) is 11.1 Å². The Labute approximate surface area is 128 Å². The molecular weight excluding hydrogens is 283 g/mol. The minimum atomic E-state index is -0.259. The largest absolute Gasteiger partial charge is 0.374 e. The number of aryl methyl sites for hydroxylation is 1. The Hall–Kier alpha value is -2.76. The van der Waals surface area contributed by atoms with Crippen LogP contribution in [0.3, 0.4) is 0 Å². The first-order valence-electron chi connectivity index (χ1n) is 6.76. The second-order valence-electron chi connectivity index (χ2n) is 4.79. The second-order valence-corrected chi connectivity index (χ2v) is 4.79. The lowest BCUT2D eigenvalue weighted by atomic mass is 10.0. The number of aromatic nitrogens is 1. The van der Waals surface area contributed by atoms with Crippen LogP contribution in [0.15, 0.2) is 30.5 Å². The summed E-state index contributed by atoms with van der Waals surface area (Å²) in [6, 6.07) is 6.61. The maximum atomic E-state index is 13.4. The zero-order chi connectivity index (χ0) is 16.1. The van der Waals surface area contributed by atoms with Crippen LogP contribution in [0.4, 0.5) is 10.1 Å². The molecule has 5 nitrogen and oxygen atoms in total. The lowest BCUT2D eigenvalue weighted by molar-refractivity contribution is -0.118. The molecule has 0 spiro atoms. The van der Waals surface area contributed by atoms with Gasteiger partial charge in [-0.15, -0.1) is 0 Å². The van der Waals surface area contributed by atoms with Crippen molar-refractivity contribution < 1.29 is 9.18 Å². The molecule has 2 aromatic rings. The molecule has 22 heavy (non-hydrogen) atoms. The smallest absolute Gasteiger partial charge is 0.239 e. The zero-order valence-electron chi connectivity index (χ0n) is 12.4. The molecule has 0 saturated heterocycles. The maximum absolute atomic E-state index is 13.4. The van der Waals surface area contributed by atoms with E-state index in [1.807, 2.05) is 0 Å². The van der Waals surface area contributed by atoms with Crippen molar-refractivity contribution in [1.29, 1.82) is 5.41 Å². The number of carbonyl (C=O) groups is 1. The molecule has 3 N–H and O–H groups in total. The van der Waals surface area contributed by atoms with Crippen molar-refractivity contribution in [2.24, 2.45) is 0 Å². The first-order chi connectivity index (χ1) is 10.5. The fourth-order valence-corrected chi connectivity index (χ4v) is 1.98. The van der Waals surface area contributed by atoms with Gasteiger partial charge in [0.2, 0.25) is 5.91 Å². The number of hydrogen-bond donors (Lipinski definition) is 3. The van der Waals surface area contributed by atoms with Crippen LogP contribution in [-0.4, -0.2) is 30.7 Å². The highest BCUT2D eigenvalue weighted by Gasteiger charge is 2.08. The van der Waals surface area contributed by atoms with E-state index >= 15 is 0 Å². The van der Waals surface area contributed by atoms with Gasteiger partial charge in [0.25, 0.3) is 0 Å². The molecule has 2 rings (SSSR count). The van der Waals surface area contributed by atoms with Gasteiger partial charge >= 0.3 is 0 Å². The van der Waals surface area contributed by atoms with Crippen molar-refractivity contribution in [3.63, 3.8) is 0 Å². The molecule has 0 saturated carbocycles. The average molecular weight is 300 g/mol. The molecule has 0 bridgehead atoms. The molecule has 0 fully saturated rings. The number of halogens is 1. The zero-order valence-corrected chi connectivity index (χ0v) is 12.4. The van der Waals surface area contributed by atoms with Gasteiger partial charge in [-0.05, 0) is 36.2 Å². The number of benzene rings is 1. The van der Waals surface area contributed by atoms with Gasteiger partial charge in [-0.2, -0.15) is 0 Å². The number of carbonyl (C=O) groups excluding carboxylic acids is 1. The summed E-state index contributed by atoms with van der Waals surface area (Å²) in [7, 11) is 1.55. The lowest BCUT2D eigenvalue weighted by Gasteiger charge is -2.11. The van der Waals surface area contributed by atoms with Gasteiger partial charge in [-0.1, -0.05) is 6.07 Å². The molecule has 6 heteroatoms. The number of amides is 1. The summed E-state index contributed by atoms with van der Waals surface area (Å²) in [6.07, 6.45) is 2.74. The van der Waals surface area contributed by atoms with E-state index in [0.717, 1.165) is 17.3 Å². The second kappa shape index (κ2) is 6.80. The summed E-state index contributed by atoms with van der Waals surface area (Å²) in [5, 5.41) is 12.8. The van der Waals surface area contributed by atoms with E-state index in [0.29, 0.717) is 16.9 Å². The monoisotopic (exact) mass is 300 g/mol. The summed E-state index contributed by atoms with van der Waals surface area (Å²) in [4.78, 5) is 15.5. The van der Waals surface area contributed by atoms with E-state index in [2.05, 4.69) is 15.6 Å². The highest BCUT2D eigenvalue weighted by atomic mass is 19.1. The van der Waals surface area contributed by atoms with Crippen LogP contribution in [0.2, 0.25) is 0 Å². The normalized spacial score (nSPS) is 10.1. The van der Waals surface area contributed by atoms with E-state index in [1.165, 1.54) is 6.07 Å². The lowest BCUT2D eigenvalue weighted by Crippen LogP contribution is -2.26. The molecule has 0 aliphatic heterocycles. The molecule has 1 heterocycles. The van der Waals surface area contributed by atoms with Crippen molar-refractivity contribution in [2.45, 2.75) is 6.92 Å². The van der Waals surface area contributed by atoms with E-state index in [-0.39, 0.29) is 18.3 Å². The van der Waals surface area contributed by atoms with Gasteiger partial charge in [-0.3, -0.25) is 9.78 Å². The topological polar surface area (TPSA) is 77.9 Å². The van der Waals surface area contributed by atoms with Gasteiger partial charge < -0.3 is 16.0 Å². The van der Waals surface area contributed by atoms with E-state index in [9.17, 15) is 9.18 Å². The Morgan fingerprint density at radius 3 is 2.77 bits per heavy atom. The average Bonchev–Trinajstić information content (AvgIpc) is 2.54. The highest BCUT2D eigenvalue weighted by molar-refractivity contribution is 5.87. The molecular formula is C16H17FN4O. The quantitative estimate of drug-likeness (QED) is 0.742. The van der Waals surface area contributed by atoms with E-state index < -0.39 is 0 Å². The van der Waals surface area contributed by atoms with Gasteiger partial charge in [0.15, 0.2) is 0 Å². The highest BCUT2D eigenvalue weighted by Crippen LogP contribution is 2.25. The van der Waals surface area contributed by atoms with Crippen molar-refractivity contribution in [2.75, 3.05) is 18.9 Å². The predicted octanol–water partition coefficient (Wildman–Crippen LogP) is 2.35. The Morgan fingerprint density at radius 1 is 1.36 bits per heavy atom. The fourth-order valence-electron chi connectivity index (χ4n) is 1.98. The van der Waals surface area contributed by atoms with Crippen molar-refractivity contribution in [3.05, 3.63) is 47.5 Å². The van der Waals surface area contributed by atoms with Crippen LogP contribution in [0, 0.1) is 18.2 Å². The summed E-state index contributed by atoms with van der Waals surface area (Å²) in [5.74, 6) is -0.426. The Morgan fingerprint density at radius 2 is 2.14 bits per heavy atom. The van der Waals surface area contributed by atoms with Crippen LogP contribution < -0.4 is 10.6 Å². The van der Waals surface area contributed by atoms with Gasteiger partial charge in [-0.25, -0.2) is 4.39 Å². The standard InChI is InChI=1S/C16H17FN4O/c1-10-5-11(3-4-13(10)17)12-6-14(15(7-18)20-8-12)21-9-16(22)19-2/h3-8,18,21H,9H2,1-2H3,(H,19,22). The summed E-state index contributed by atoms with van der Waals surface area (Å²) in [5.41, 5.74) is 3.18. The number of hydrogen-bond acceptors (Lipinski definition) is 4. The number of nitrogens with zero attached hydrogens (tertiary/aromatic N) is 1. The van der Waals surface area contributed by atoms with E-state index in [4.69, 9.17) is 5.41 Å². The number of rotatable bonds is 5. The van der Waals surface area contributed by atoms with Crippen LogP contribution in [0.1, 0.15) is 11.3 Å². The summed E-state index contributed by atoms with van der Waals surface area (Å²) in [6.45, 7) is 1.79. The first kappa shape index (κ1) is 15.6. The Bertz CT molecular complexity index is 715. The van der Waals surface area contributed by atoms with Gasteiger partial charge in [0, 0.05) is 25.0 Å². The van der Waals surface area contributed by atoms with Crippen LogP contribution in [-0.2, 0) is 4.79 Å². The summed E-state index contributed by atoms with van der Waals surface area (Å²) < 4.78 is 13.4. The van der Waals surface area contributed by atoms with Crippen LogP contribution >= 0.6 is 0 Å². The molecule has 0 radical (unpaired) electrons. The first-order valence-corrected chi connectivity index (χ1v) is 6.76. The number of likely N-dealkylation sites (N-methyl/N-ethyl adjacent to an activating group) is 1. The maximum Gasteiger partial charge on any atom is 0.239 e. The molecule has 0 atom stereocenters. The number of nitrogens with one attached hydrogen (secondary N) is 3. The number of pyridine rings is 1. The molecule has 1 aromatic heterocycles. The third kappa shape index (κ3) is 3.46. The SMILES string of the molecule is CNC(=O)CNc1cc(-c2ccc(F)c(C)c2)cnc1C=N. The van der Waals surface area contributed by atoms with Crippen molar-refractivity contribution in [1.82, 2.24) is 10.3 Å². The van der Waals surface area contributed by atoms with Crippen LogP contribution in [0.5, 0.6) is 0 Å².